The highest BCUT2D eigenvalue weighted by atomic mass is 16.3. The van der Waals surface area contributed by atoms with Gasteiger partial charge in [0.05, 0.1) is 23.8 Å². The molecule has 0 aromatic heterocycles. The molecule has 0 aliphatic rings. The summed E-state index contributed by atoms with van der Waals surface area (Å²) in [5.41, 5.74) is 6.45. The first-order valence-electron chi connectivity index (χ1n) is 4.23. The van der Waals surface area contributed by atoms with Crippen LogP contribution in [-0.4, -0.2) is 16.3 Å². The molecule has 0 saturated carbocycles. The number of nitriles is 1. The van der Waals surface area contributed by atoms with E-state index in [1.54, 1.807) is 19.1 Å². The van der Waals surface area contributed by atoms with Crippen molar-refractivity contribution in [2.24, 2.45) is 5.73 Å². The molecule has 0 bridgehead atoms. The van der Waals surface area contributed by atoms with Gasteiger partial charge in [-0.05, 0) is 19.1 Å². The fourth-order valence-electron chi connectivity index (χ4n) is 1.15. The Hall–Kier alpha value is -1.57. The molecule has 14 heavy (non-hydrogen) atoms. The van der Waals surface area contributed by atoms with Crippen LogP contribution in [0.2, 0.25) is 0 Å². The molecule has 0 fully saturated rings. The zero-order valence-electron chi connectivity index (χ0n) is 7.81. The summed E-state index contributed by atoms with van der Waals surface area (Å²) < 4.78 is 0. The average molecular weight is 192 g/mol. The highest BCUT2D eigenvalue weighted by molar-refractivity contribution is 5.43. The lowest BCUT2D eigenvalue weighted by Crippen LogP contribution is -2.23. The van der Waals surface area contributed by atoms with Crippen molar-refractivity contribution in [1.29, 1.82) is 5.26 Å². The van der Waals surface area contributed by atoms with Gasteiger partial charge in [-0.25, -0.2) is 0 Å². The molecule has 0 aliphatic heterocycles. The van der Waals surface area contributed by atoms with Crippen LogP contribution in [0, 0.1) is 11.3 Å². The van der Waals surface area contributed by atoms with Crippen LogP contribution in [0.4, 0.5) is 0 Å². The second-order valence-electron chi connectivity index (χ2n) is 3.15. The standard InChI is InChI=1S/C10H12N2O2/c1-6(13)10(12)8-3-2-7(5-11)4-9(8)14/h2-4,6,10,13-14H,12H2,1H3/t6-,10+/m0/s1. The smallest absolute Gasteiger partial charge is 0.121 e. The molecule has 0 amide bonds. The molecule has 74 valence electrons. The first-order valence-corrected chi connectivity index (χ1v) is 4.23. The van der Waals surface area contributed by atoms with Crippen molar-refractivity contribution >= 4 is 0 Å². The minimum Gasteiger partial charge on any atom is -0.508 e. The summed E-state index contributed by atoms with van der Waals surface area (Å²) >= 11 is 0. The quantitative estimate of drug-likeness (QED) is 0.641. The summed E-state index contributed by atoms with van der Waals surface area (Å²) in [6.07, 6.45) is -0.742. The van der Waals surface area contributed by atoms with Crippen molar-refractivity contribution in [3.8, 4) is 11.8 Å². The first kappa shape index (κ1) is 10.5. The number of nitrogens with two attached hydrogens (primary N) is 1. The second kappa shape index (κ2) is 4.09. The number of benzene rings is 1. The molecular weight excluding hydrogens is 180 g/mol. The molecule has 0 saturated heterocycles. The van der Waals surface area contributed by atoms with Gasteiger partial charge in [0, 0.05) is 5.56 Å². The van der Waals surface area contributed by atoms with Gasteiger partial charge in [0.1, 0.15) is 5.75 Å². The summed E-state index contributed by atoms with van der Waals surface area (Å²) in [4.78, 5) is 0. The molecule has 1 aromatic rings. The van der Waals surface area contributed by atoms with Gasteiger partial charge in [-0.1, -0.05) is 6.07 Å². The van der Waals surface area contributed by atoms with Crippen LogP contribution in [0.25, 0.3) is 0 Å². The highest BCUT2D eigenvalue weighted by Crippen LogP contribution is 2.25. The topological polar surface area (TPSA) is 90.3 Å². The number of aromatic hydroxyl groups is 1. The predicted molar refractivity (Wildman–Crippen MR) is 51.4 cm³/mol. The van der Waals surface area contributed by atoms with Crippen LogP contribution >= 0.6 is 0 Å². The average Bonchev–Trinajstić information content (AvgIpc) is 2.16. The molecule has 0 heterocycles. The molecule has 2 atom stereocenters. The van der Waals surface area contributed by atoms with Gasteiger partial charge in [0.2, 0.25) is 0 Å². The van der Waals surface area contributed by atoms with Crippen molar-refractivity contribution in [2.45, 2.75) is 19.1 Å². The third-order valence-electron chi connectivity index (χ3n) is 2.04. The summed E-state index contributed by atoms with van der Waals surface area (Å²) in [7, 11) is 0. The molecule has 1 rings (SSSR count). The Balaban J connectivity index is 3.07. The number of phenols is 1. The molecule has 0 radical (unpaired) electrons. The van der Waals surface area contributed by atoms with E-state index < -0.39 is 12.1 Å². The number of hydrogen-bond donors (Lipinski definition) is 3. The highest BCUT2D eigenvalue weighted by Gasteiger charge is 2.15. The molecule has 4 nitrogen and oxygen atoms in total. The van der Waals surface area contributed by atoms with Crippen LogP contribution in [-0.2, 0) is 0 Å². The maximum atomic E-state index is 9.50. The maximum Gasteiger partial charge on any atom is 0.121 e. The Labute approximate surface area is 82.2 Å². The number of rotatable bonds is 2. The monoisotopic (exact) mass is 192 g/mol. The molecule has 0 unspecified atom stereocenters. The van der Waals surface area contributed by atoms with E-state index in [0.29, 0.717) is 11.1 Å². The van der Waals surface area contributed by atoms with Crippen molar-refractivity contribution in [2.75, 3.05) is 0 Å². The van der Waals surface area contributed by atoms with Crippen LogP contribution in [0.1, 0.15) is 24.1 Å². The van der Waals surface area contributed by atoms with Crippen LogP contribution in [0.3, 0.4) is 0 Å². The lowest BCUT2D eigenvalue weighted by atomic mass is 10.0. The zero-order chi connectivity index (χ0) is 10.7. The largest absolute Gasteiger partial charge is 0.508 e. The van der Waals surface area contributed by atoms with E-state index in [-0.39, 0.29) is 5.75 Å². The fraction of sp³-hybridized carbons (Fsp3) is 0.300. The number of nitrogens with zero attached hydrogens (tertiary/aromatic N) is 1. The number of hydrogen-bond acceptors (Lipinski definition) is 4. The minimum atomic E-state index is -0.742. The van der Waals surface area contributed by atoms with Crippen LogP contribution < -0.4 is 5.73 Å². The van der Waals surface area contributed by atoms with E-state index in [0.717, 1.165) is 0 Å². The molecule has 1 aromatic carbocycles. The Morgan fingerprint density at radius 2 is 2.14 bits per heavy atom. The summed E-state index contributed by atoms with van der Waals surface area (Å²) in [5, 5.41) is 27.3. The van der Waals surface area contributed by atoms with Gasteiger partial charge >= 0.3 is 0 Å². The molecule has 0 spiro atoms. The Morgan fingerprint density at radius 1 is 1.50 bits per heavy atom. The Kier molecular flexibility index (Phi) is 3.07. The Bertz CT molecular complexity index is 369. The van der Waals surface area contributed by atoms with E-state index in [1.807, 2.05) is 6.07 Å². The van der Waals surface area contributed by atoms with Gasteiger partial charge in [-0.3, -0.25) is 0 Å². The Morgan fingerprint density at radius 3 is 2.57 bits per heavy atom. The SMILES string of the molecule is C[C@H](O)[C@@H](N)c1ccc(C#N)cc1O. The summed E-state index contributed by atoms with van der Waals surface area (Å²) in [6, 6.07) is 5.69. The molecule has 0 aliphatic carbocycles. The summed E-state index contributed by atoms with van der Waals surface area (Å²) in [5.74, 6) is -0.0579. The first-order chi connectivity index (χ1) is 6.56. The molecule has 4 N–H and O–H groups in total. The van der Waals surface area contributed by atoms with Crippen molar-refractivity contribution in [3.63, 3.8) is 0 Å². The lowest BCUT2D eigenvalue weighted by Gasteiger charge is -2.16. The van der Waals surface area contributed by atoms with E-state index in [2.05, 4.69) is 0 Å². The normalized spacial score (nSPS) is 14.4. The van der Waals surface area contributed by atoms with E-state index in [1.165, 1.54) is 6.07 Å². The van der Waals surface area contributed by atoms with Crippen molar-refractivity contribution in [1.82, 2.24) is 0 Å². The lowest BCUT2D eigenvalue weighted by molar-refractivity contribution is 0.163. The zero-order valence-corrected chi connectivity index (χ0v) is 7.81. The second-order valence-corrected chi connectivity index (χ2v) is 3.15. The summed E-state index contributed by atoms with van der Waals surface area (Å²) in [6.45, 7) is 1.54. The van der Waals surface area contributed by atoms with Crippen LogP contribution in [0.5, 0.6) is 5.75 Å². The third kappa shape index (κ3) is 2.02. The fourth-order valence-corrected chi connectivity index (χ4v) is 1.15. The van der Waals surface area contributed by atoms with Gasteiger partial charge in [-0.15, -0.1) is 0 Å². The predicted octanol–water partition coefficient (Wildman–Crippen LogP) is 0.644. The molecular formula is C10H12N2O2. The van der Waals surface area contributed by atoms with Gasteiger partial charge in [0.25, 0.3) is 0 Å². The maximum absolute atomic E-state index is 9.50. The van der Waals surface area contributed by atoms with Crippen LogP contribution in [0.15, 0.2) is 18.2 Å². The number of phenolic OH excluding ortho intramolecular Hbond substituents is 1. The molecule has 4 heteroatoms. The van der Waals surface area contributed by atoms with Crippen molar-refractivity contribution in [3.05, 3.63) is 29.3 Å². The van der Waals surface area contributed by atoms with Gasteiger partial charge < -0.3 is 15.9 Å². The number of aliphatic hydroxyl groups is 1. The van der Waals surface area contributed by atoms with E-state index in [9.17, 15) is 10.2 Å². The van der Waals surface area contributed by atoms with Gasteiger partial charge in [-0.2, -0.15) is 5.26 Å². The third-order valence-corrected chi connectivity index (χ3v) is 2.04. The van der Waals surface area contributed by atoms with E-state index in [4.69, 9.17) is 11.0 Å². The minimum absolute atomic E-state index is 0.0579. The van der Waals surface area contributed by atoms with Gasteiger partial charge in [0.15, 0.2) is 0 Å². The van der Waals surface area contributed by atoms with Crippen molar-refractivity contribution < 1.29 is 10.2 Å². The number of aliphatic hydroxyl groups excluding tert-OH is 1. The van der Waals surface area contributed by atoms with E-state index >= 15 is 0 Å².